The second-order valence-corrected chi connectivity index (χ2v) is 4.14. The van der Waals surface area contributed by atoms with Crippen molar-refractivity contribution in [3.63, 3.8) is 0 Å². The Hall–Kier alpha value is -1.03. The molecule has 0 saturated heterocycles. The molecule has 1 rings (SSSR count). The smallest absolute Gasteiger partial charge is 0.219 e. The van der Waals surface area contributed by atoms with Crippen LogP contribution in [0.4, 0.5) is 5.69 Å². The van der Waals surface area contributed by atoms with E-state index in [1.807, 2.05) is 31.2 Å². The van der Waals surface area contributed by atoms with E-state index in [0.29, 0.717) is 6.42 Å². The molecular weight excluding hydrogens is 244 g/mol. The minimum atomic E-state index is -0.292. The summed E-state index contributed by atoms with van der Waals surface area (Å²) in [4.78, 5) is 10.6. The minimum absolute atomic E-state index is 0.0572. The highest BCUT2D eigenvalue weighted by atomic mass is 79.9. The molecule has 1 unspecified atom stereocenters. The van der Waals surface area contributed by atoms with E-state index in [0.717, 1.165) is 10.2 Å². The summed E-state index contributed by atoms with van der Waals surface area (Å²) in [6.07, 6.45) is 0.340. The number of hydrogen-bond donors (Lipinski definition) is 2. The van der Waals surface area contributed by atoms with Gasteiger partial charge in [-0.1, -0.05) is 22.0 Å². The molecule has 4 heteroatoms. The van der Waals surface area contributed by atoms with Crippen molar-refractivity contribution < 1.29 is 4.79 Å². The number of anilines is 1. The molecule has 1 aromatic carbocycles. The lowest BCUT2D eigenvalue weighted by Crippen LogP contribution is -2.23. The molecule has 0 aliphatic carbocycles. The SMILES string of the molecule is CC(CC(N)=O)Nc1cccc(Br)c1. The number of nitrogens with one attached hydrogen (secondary N) is 1. The van der Waals surface area contributed by atoms with Crippen molar-refractivity contribution in [1.29, 1.82) is 0 Å². The Morgan fingerprint density at radius 2 is 2.36 bits per heavy atom. The normalized spacial score (nSPS) is 12.1. The van der Waals surface area contributed by atoms with Gasteiger partial charge in [-0.25, -0.2) is 0 Å². The lowest BCUT2D eigenvalue weighted by Gasteiger charge is -2.13. The van der Waals surface area contributed by atoms with Gasteiger partial charge in [-0.3, -0.25) is 4.79 Å². The number of carbonyl (C=O) groups is 1. The summed E-state index contributed by atoms with van der Waals surface area (Å²) in [6, 6.07) is 7.84. The quantitative estimate of drug-likeness (QED) is 0.868. The standard InChI is InChI=1S/C10H13BrN2O/c1-7(5-10(12)14)13-9-4-2-3-8(11)6-9/h2-4,6-7,13H,5H2,1H3,(H2,12,14). The molecule has 14 heavy (non-hydrogen) atoms. The fourth-order valence-corrected chi connectivity index (χ4v) is 1.61. The number of nitrogens with two attached hydrogens (primary N) is 1. The molecule has 1 atom stereocenters. The largest absolute Gasteiger partial charge is 0.382 e. The first kappa shape index (κ1) is 11.0. The van der Waals surface area contributed by atoms with Crippen LogP contribution >= 0.6 is 15.9 Å². The van der Waals surface area contributed by atoms with E-state index in [4.69, 9.17) is 5.73 Å². The zero-order valence-corrected chi connectivity index (χ0v) is 9.54. The van der Waals surface area contributed by atoms with Gasteiger partial charge in [0.15, 0.2) is 0 Å². The third-order valence-electron chi connectivity index (χ3n) is 1.75. The van der Waals surface area contributed by atoms with Crippen LogP contribution in [0.2, 0.25) is 0 Å². The highest BCUT2D eigenvalue weighted by Crippen LogP contribution is 2.16. The molecule has 0 saturated carbocycles. The van der Waals surface area contributed by atoms with Crippen molar-refractivity contribution in [1.82, 2.24) is 0 Å². The van der Waals surface area contributed by atoms with Gasteiger partial charge in [-0.05, 0) is 25.1 Å². The summed E-state index contributed by atoms with van der Waals surface area (Å²) in [5.74, 6) is -0.292. The van der Waals surface area contributed by atoms with Crippen LogP contribution in [0.15, 0.2) is 28.7 Å². The maximum atomic E-state index is 10.6. The lowest BCUT2D eigenvalue weighted by atomic mass is 10.2. The van der Waals surface area contributed by atoms with Crippen LogP contribution in [0, 0.1) is 0 Å². The van der Waals surface area contributed by atoms with Crippen LogP contribution in [0.5, 0.6) is 0 Å². The van der Waals surface area contributed by atoms with E-state index in [2.05, 4.69) is 21.2 Å². The first-order chi connectivity index (χ1) is 6.58. The number of amides is 1. The zero-order chi connectivity index (χ0) is 10.6. The Morgan fingerprint density at radius 3 is 2.93 bits per heavy atom. The van der Waals surface area contributed by atoms with Crippen LogP contribution in [-0.4, -0.2) is 11.9 Å². The van der Waals surface area contributed by atoms with Gasteiger partial charge in [0.25, 0.3) is 0 Å². The van der Waals surface area contributed by atoms with E-state index in [1.54, 1.807) is 0 Å². The monoisotopic (exact) mass is 256 g/mol. The van der Waals surface area contributed by atoms with Crippen LogP contribution < -0.4 is 11.1 Å². The predicted molar refractivity (Wildman–Crippen MR) is 61.0 cm³/mol. The highest BCUT2D eigenvalue weighted by Gasteiger charge is 2.05. The third kappa shape index (κ3) is 3.79. The lowest BCUT2D eigenvalue weighted by molar-refractivity contribution is -0.118. The van der Waals surface area contributed by atoms with E-state index in [9.17, 15) is 4.79 Å². The molecule has 0 heterocycles. The van der Waals surface area contributed by atoms with Crippen molar-refractivity contribution in [3.05, 3.63) is 28.7 Å². The molecule has 76 valence electrons. The van der Waals surface area contributed by atoms with Gasteiger partial charge < -0.3 is 11.1 Å². The van der Waals surface area contributed by atoms with Gasteiger partial charge in [-0.15, -0.1) is 0 Å². The fourth-order valence-electron chi connectivity index (χ4n) is 1.22. The first-order valence-corrected chi connectivity index (χ1v) is 5.17. The van der Waals surface area contributed by atoms with Gasteiger partial charge in [0.05, 0.1) is 0 Å². The van der Waals surface area contributed by atoms with Crippen LogP contribution in [0.1, 0.15) is 13.3 Å². The number of carbonyl (C=O) groups excluding carboxylic acids is 1. The summed E-state index contributed by atoms with van der Waals surface area (Å²) >= 11 is 3.37. The van der Waals surface area contributed by atoms with Crippen LogP contribution in [0.25, 0.3) is 0 Å². The van der Waals surface area contributed by atoms with Crippen molar-refractivity contribution >= 4 is 27.5 Å². The topological polar surface area (TPSA) is 55.1 Å². The average Bonchev–Trinajstić information content (AvgIpc) is 2.01. The summed E-state index contributed by atoms with van der Waals surface area (Å²) in [5.41, 5.74) is 6.07. The Kier molecular flexibility index (Phi) is 3.95. The summed E-state index contributed by atoms with van der Waals surface area (Å²) in [5, 5.41) is 3.18. The number of primary amides is 1. The molecule has 0 aliphatic heterocycles. The van der Waals surface area contributed by atoms with Crippen LogP contribution in [-0.2, 0) is 4.79 Å². The van der Waals surface area contributed by atoms with Gasteiger partial charge in [0, 0.05) is 22.6 Å². The zero-order valence-electron chi connectivity index (χ0n) is 7.96. The molecule has 0 fully saturated rings. The summed E-state index contributed by atoms with van der Waals surface area (Å²) in [7, 11) is 0. The molecule has 0 radical (unpaired) electrons. The van der Waals surface area contributed by atoms with Crippen molar-refractivity contribution in [2.45, 2.75) is 19.4 Å². The molecule has 0 bridgehead atoms. The molecule has 1 aromatic rings. The van der Waals surface area contributed by atoms with E-state index in [1.165, 1.54) is 0 Å². The maximum Gasteiger partial charge on any atom is 0.219 e. The van der Waals surface area contributed by atoms with E-state index in [-0.39, 0.29) is 11.9 Å². The molecule has 0 aromatic heterocycles. The van der Waals surface area contributed by atoms with Gasteiger partial charge >= 0.3 is 0 Å². The Bertz CT molecular complexity index is 328. The molecule has 0 aliphatic rings. The van der Waals surface area contributed by atoms with Crippen molar-refractivity contribution in [2.75, 3.05) is 5.32 Å². The van der Waals surface area contributed by atoms with Crippen molar-refractivity contribution in [2.24, 2.45) is 5.73 Å². The maximum absolute atomic E-state index is 10.6. The Balaban J connectivity index is 2.55. The molecular formula is C10H13BrN2O. The van der Waals surface area contributed by atoms with Gasteiger partial charge in [-0.2, -0.15) is 0 Å². The third-order valence-corrected chi connectivity index (χ3v) is 2.24. The molecule has 1 amide bonds. The fraction of sp³-hybridized carbons (Fsp3) is 0.300. The Labute approximate surface area is 91.8 Å². The Morgan fingerprint density at radius 1 is 1.64 bits per heavy atom. The number of halogens is 1. The molecule has 0 spiro atoms. The van der Waals surface area contributed by atoms with Crippen molar-refractivity contribution in [3.8, 4) is 0 Å². The summed E-state index contributed by atoms with van der Waals surface area (Å²) < 4.78 is 1.01. The number of hydrogen-bond acceptors (Lipinski definition) is 2. The minimum Gasteiger partial charge on any atom is -0.382 e. The van der Waals surface area contributed by atoms with E-state index < -0.39 is 0 Å². The average molecular weight is 257 g/mol. The van der Waals surface area contributed by atoms with Gasteiger partial charge in [0.2, 0.25) is 5.91 Å². The first-order valence-electron chi connectivity index (χ1n) is 4.38. The van der Waals surface area contributed by atoms with Gasteiger partial charge in [0.1, 0.15) is 0 Å². The second-order valence-electron chi connectivity index (χ2n) is 3.23. The number of benzene rings is 1. The summed E-state index contributed by atoms with van der Waals surface area (Å²) in [6.45, 7) is 1.92. The highest BCUT2D eigenvalue weighted by molar-refractivity contribution is 9.10. The molecule has 3 N–H and O–H groups in total. The predicted octanol–water partition coefficient (Wildman–Crippen LogP) is 2.12. The second kappa shape index (κ2) is 5.00. The molecule has 3 nitrogen and oxygen atoms in total. The van der Waals surface area contributed by atoms with E-state index >= 15 is 0 Å². The van der Waals surface area contributed by atoms with Crippen LogP contribution in [0.3, 0.4) is 0 Å². The number of rotatable bonds is 4.